The van der Waals surface area contributed by atoms with Crippen LogP contribution in [0.4, 0.5) is 5.69 Å². The average molecular weight is 416 g/mol. The van der Waals surface area contributed by atoms with Gasteiger partial charge in [-0.3, -0.25) is 10.1 Å². The third-order valence-electron chi connectivity index (χ3n) is 4.64. The summed E-state index contributed by atoms with van der Waals surface area (Å²) in [6, 6.07) is 10.9. The lowest BCUT2D eigenvalue weighted by Crippen LogP contribution is -2.33. The fraction of sp³-hybridized carbons (Fsp3) is 0.250. The SMILES string of the molecule is CCOC(=O)C1=CCN(S(=O)(=O)c2ccc(C)cc2)[C@@H]1c1ccccc1[N+](=O)[O-]. The summed E-state index contributed by atoms with van der Waals surface area (Å²) in [6.45, 7) is 3.47. The van der Waals surface area contributed by atoms with Crippen molar-refractivity contribution in [1.82, 2.24) is 4.31 Å². The number of ether oxygens (including phenoxy) is 1. The molecule has 3 rings (SSSR count). The van der Waals surface area contributed by atoms with Gasteiger partial charge in [0.15, 0.2) is 0 Å². The van der Waals surface area contributed by atoms with Crippen LogP contribution < -0.4 is 0 Å². The lowest BCUT2D eigenvalue weighted by atomic mass is 9.99. The largest absolute Gasteiger partial charge is 0.463 e. The zero-order chi connectivity index (χ0) is 21.2. The topological polar surface area (TPSA) is 107 Å². The normalized spacial score (nSPS) is 17.0. The number of carbonyl (C=O) groups excluding carboxylic acids is 1. The predicted molar refractivity (Wildman–Crippen MR) is 106 cm³/mol. The Bertz CT molecular complexity index is 1080. The number of sulfonamides is 1. The van der Waals surface area contributed by atoms with Crippen molar-refractivity contribution in [2.45, 2.75) is 24.8 Å². The van der Waals surface area contributed by atoms with Crippen LogP contribution in [0.2, 0.25) is 0 Å². The lowest BCUT2D eigenvalue weighted by molar-refractivity contribution is -0.385. The van der Waals surface area contributed by atoms with E-state index in [4.69, 9.17) is 4.74 Å². The summed E-state index contributed by atoms with van der Waals surface area (Å²) in [6.07, 6.45) is 1.45. The smallest absolute Gasteiger partial charge is 0.335 e. The molecule has 1 aliphatic heterocycles. The van der Waals surface area contributed by atoms with Gasteiger partial charge in [-0.05, 0) is 26.0 Å². The number of carbonyl (C=O) groups is 1. The van der Waals surface area contributed by atoms with Crippen molar-refractivity contribution in [3.63, 3.8) is 0 Å². The van der Waals surface area contributed by atoms with Gasteiger partial charge in [-0.2, -0.15) is 4.31 Å². The van der Waals surface area contributed by atoms with Crippen molar-refractivity contribution >= 4 is 21.7 Å². The molecule has 1 heterocycles. The van der Waals surface area contributed by atoms with Gasteiger partial charge >= 0.3 is 5.97 Å². The molecule has 29 heavy (non-hydrogen) atoms. The van der Waals surface area contributed by atoms with Crippen molar-refractivity contribution in [2.75, 3.05) is 13.2 Å². The molecule has 152 valence electrons. The summed E-state index contributed by atoms with van der Waals surface area (Å²) in [5, 5.41) is 11.5. The minimum atomic E-state index is -4.03. The van der Waals surface area contributed by atoms with Crippen LogP contribution >= 0.6 is 0 Å². The first-order valence-corrected chi connectivity index (χ1v) is 10.4. The molecule has 1 atom stereocenters. The van der Waals surface area contributed by atoms with Gasteiger partial charge in [0.2, 0.25) is 10.0 Å². The minimum absolute atomic E-state index is 0.0465. The number of rotatable bonds is 6. The van der Waals surface area contributed by atoms with E-state index in [9.17, 15) is 23.3 Å². The lowest BCUT2D eigenvalue weighted by Gasteiger charge is -2.26. The molecule has 0 amide bonds. The number of hydrogen-bond donors (Lipinski definition) is 0. The molecule has 0 aromatic heterocycles. The molecule has 0 spiro atoms. The van der Waals surface area contributed by atoms with E-state index >= 15 is 0 Å². The van der Waals surface area contributed by atoms with Gasteiger partial charge in [-0.25, -0.2) is 13.2 Å². The monoisotopic (exact) mass is 416 g/mol. The van der Waals surface area contributed by atoms with Gasteiger partial charge in [0.25, 0.3) is 5.69 Å². The van der Waals surface area contributed by atoms with Gasteiger partial charge in [0.1, 0.15) is 0 Å². The van der Waals surface area contributed by atoms with Crippen molar-refractivity contribution < 1.29 is 22.9 Å². The van der Waals surface area contributed by atoms with E-state index < -0.39 is 27.0 Å². The first kappa shape index (κ1) is 20.7. The number of nitro groups is 1. The molecule has 0 radical (unpaired) electrons. The van der Waals surface area contributed by atoms with Crippen LogP contribution in [0.15, 0.2) is 65.1 Å². The van der Waals surface area contributed by atoms with Crippen LogP contribution in [0.1, 0.15) is 24.1 Å². The van der Waals surface area contributed by atoms with Gasteiger partial charge in [-0.1, -0.05) is 42.0 Å². The second kappa shape index (κ2) is 8.14. The molecular formula is C20H20N2O6S. The van der Waals surface area contributed by atoms with Crippen LogP contribution in [0, 0.1) is 17.0 Å². The Balaban J connectivity index is 2.14. The Morgan fingerprint density at radius 3 is 2.48 bits per heavy atom. The van der Waals surface area contributed by atoms with Crippen LogP contribution in [0.5, 0.6) is 0 Å². The summed E-state index contributed by atoms with van der Waals surface area (Å²) in [7, 11) is -4.03. The number of nitro benzene ring substituents is 1. The second-order valence-corrected chi connectivity index (χ2v) is 8.38. The molecule has 0 unspecified atom stereocenters. The van der Waals surface area contributed by atoms with Crippen molar-refractivity contribution in [2.24, 2.45) is 0 Å². The molecule has 0 N–H and O–H groups in total. The molecule has 9 heteroatoms. The summed E-state index contributed by atoms with van der Waals surface area (Å²) in [5.41, 5.74) is 0.812. The Morgan fingerprint density at radius 2 is 1.86 bits per heavy atom. The number of para-hydroxylation sites is 1. The van der Waals surface area contributed by atoms with E-state index in [1.807, 2.05) is 6.92 Å². The van der Waals surface area contributed by atoms with E-state index in [0.717, 1.165) is 9.87 Å². The number of esters is 1. The number of aryl methyl sites for hydroxylation is 1. The Kier molecular flexibility index (Phi) is 5.81. The van der Waals surface area contributed by atoms with Crippen LogP contribution in [0.25, 0.3) is 0 Å². The fourth-order valence-electron chi connectivity index (χ4n) is 3.26. The van der Waals surface area contributed by atoms with E-state index in [-0.39, 0.29) is 34.9 Å². The average Bonchev–Trinajstić information content (AvgIpc) is 3.14. The quantitative estimate of drug-likeness (QED) is 0.407. The standard InChI is InChI=1S/C20H20N2O6S/c1-3-28-20(23)17-12-13-21(29(26,27)15-10-8-14(2)9-11-15)19(17)16-6-4-5-7-18(16)22(24)25/h4-12,19H,3,13H2,1-2H3/t19-/m1/s1. The third-order valence-corrected chi connectivity index (χ3v) is 6.49. The Labute approximate surface area is 168 Å². The first-order valence-electron chi connectivity index (χ1n) is 8.96. The van der Waals surface area contributed by atoms with Crippen molar-refractivity contribution in [1.29, 1.82) is 0 Å². The molecule has 0 bridgehead atoms. The highest BCUT2D eigenvalue weighted by Crippen LogP contribution is 2.41. The number of benzene rings is 2. The third kappa shape index (κ3) is 3.92. The van der Waals surface area contributed by atoms with Gasteiger partial charge in [-0.15, -0.1) is 0 Å². The second-order valence-electron chi connectivity index (χ2n) is 6.49. The predicted octanol–water partition coefficient (Wildman–Crippen LogP) is 3.14. The highest BCUT2D eigenvalue weighted by molar-refractivity contribution is 7.89. The van der Waals surface area contributed by atoms with E-state index in [1.165, 1.54) is 36.4 Å². The molecule has 0 saturated carbocycles. The summed E-state index contributed by atoms with van der Waals surface area (Å²) in [5.74, 6) is -0.697. The van der Waals surface area contributed by atoms with Crippen molar-refractivity contribution in [3.05, 3.63) is 81.4 Å². The van der Waals surface area contributed by atoms with Crippen LogP contribution in [-0.2, 0) is 19.6 Å². The summed E-state index contributed by atoms with van der Waals surface area (Å²) in [4.78, 5) is 23.5. The Morgan fingerprint density at radius 1 is 1.21 bits per heavy atom. The van der Waals surface area contributed by atoms with Gasteiger partial charge in [0.05, 0.1) is 33.6 Å². The number of nitrogens with zero attached hydrogens (tertiary/aromatic N) is 2. The number of hydrogen-bond acceptors (Lipinski definition) is 6. The van der Waals surface area contributed by atoms with E-state index in [0.29, 0.717) is 0 Å². The molecule has 0 fully saturated rings. The minimum Gasteiger partial charge on any atom is -0.463 e. The highest BCUT2D eigenvalue weighted by Gasteiger charge is 2.43. The molecule has 8 nitrogen and oxygen atoms in total. The molecule has 0 aliphatic carbocycles. The Hall–Kier alpha value is -3.04. The molecule has 1 aliphatic rings. The van der Waals surface area contributed by atoms with E-state index in [1.54, 1.807) is 25.1 Å². The summed E-state index contributed by atoms with van der Waals surface area (Å²) >= 11 is 0. The van der Waals surface area contributed by atoms with E-state index in [2.05, 4.69) is 0 Å². The van der Waals surface area contributed by atoms with Crippen molar-refractivity contribution in [3.8, 4) is 0 Å². The molecule has 2 aromatic rings. The summed E-state index contributed by atoms with van der Waals surface area (Å²) < 4.78 is 32.8. The van der Waals surface area contributed by atoms with Gasteiger partial charge in [0, 0.05) is 12.6 Å². The van der Waals surface area contributed by atoms with Gasteiger partial charge < -0.3 is 4.74 Å². The maximum absolute atomic E-state index is 13.3. The first-order chi connectivity index (χ1) is 13.8. The maximum atomic E-state index is 13.3. The fourth-order valence-corrected chi connectivity index (χ4v) is 4.79. The zero-order valence-corrected chi connectivity index (χ0v) is 16.8. The maximum Gasteiger partial charge on any atom is 0.335 e. The van der Waals surface area contributed by atoms with Crippen LogP contribution in [0.3, 0.4) is 0 Å². The molecule has 0 saturated heterocycles. The highest BCUT2D eigenvalue weighted by atomic mass is 32.2. The zero-order valence-electron chi connectivity index (χ0n) is 15.9. The van der Waals surface area contributed by atoms with Crippen LogP contribution in [-0.4, -0.2) is 36.8 Å². The molecular weight excluding hydrogens is 396 g/mol. The molecule has 2 aromatic carbocycles.